The number of methoxy groups -OCH3 is 1. The standard InChI is InChI=1S/C35H28N2O3/c1-40-28-22-20-27(21-23-28)37(34(38)26-14-6-3-7-15-26)35(39)33-29-16-8-10-18-31(29)36(24-25-12-4-2-5-13-25)32-19-11-9-17-30(32)33/h2-23,33H,24H2,1H3. The summed E-state index contributed by atoms with van der Waals surface area (Å²) in [6, 6.07) is 42.2. The van der Waals surface area contributed by atoms with Crippen molar-refractivity contribution in [1.29, 1.82) is 0 Å². The molecule has 1 aliphatic heterocycles. The van der Waals surface area contributed by atoms with Gasteiger partial charge in [0, 0.05) is 23.5 Å². The SMILES string of the molecule is COc1ccc(N(C(=O)c2ccccc2)C(=O)C2c3ccccc3N(Cc3ccccc3)c3ccccc32)cc1. The molecule has 0 N–H and O–H groups in total. The number of carbonyl (C=O) groups excluding carboxylic acids is 2. The molecule has 0 saturated carbocycles. The highest BCUT2D eigenvalue weighted by atomic mass is 16.5. The Bertz CT molecular complexity index is 1600. The summed E-state index contributed by atoms with van der Waals surface area (Å²) in [6.45, 7) is 0.654. The van der Waals surface area contributed by atoms with Crippen LogP contribution in [0.3, 0.4) is 0 Å². The zero-order chi connectivity index (χ0) is 27.5. The summed E-state index contributed by atoms with van der Waals surface area (Å²) in [5, 5.41) is 0. The Morgan fingerprint density at radius 1 is 0.675 bits per heavy atom. The zero-order valence-electron chi connectivity index (χ0n) is 22.1. The lowest BCUT2D eigenvalue weighted by Crippen LogP contribution is -2.42. The van der Waals surface area contributed by atoms with Crippen molar-refractivity contribution in [3.63, 3.8) is 0 Å². The van der Waals surface area contributed by atoms with Crippen molar-refractivity contribution < 1.29 is 14.3 Å². The third kappa shape index (κ3) is 4.63. The Kier molecular flexibility index (Phi) is 6.86. The molecule has 0 unspecified atom stereocenters. The van der Waals surface area contributed by atoms with Gasteiger partial charge in [-0.15, -0.1) is 0 Å². The molecule has 0 spiro atoms. The van der Waals surface area contributed by atoms with Crippen LogP contribution in [0.15, 0.2) is 133 Å². The van der Waals surface area contributed by atoms with E-state index < -0.39 is 5.92 Å². The van der Waals surface area contributed by atoms with Crippen LogP contribution in [-0.4, -0.2) is 18.9 Å². The molecule has 2 amide bonds. The van der Waals surface area contributed by atoms with E-state index in [1.165, 1.54) is 4.90 Å². The number of anilines is 3. The average molecular weight is 525 g/mol. The molecular formula is C35H28N2O3. The maximum Gasteiger partial charge on any atom is 0.265 e. The summed E-state index contributed by atoms with van der Waals surface area (Å²) in [7, 11) is 1.59. The van der Waals surface area contributed by atoms with Gasteiger partial charge in [-0.1, -0.05) is 84.9 Å². The van der Waals surface area contributed by atoms with Crippen molar-refractivity contribution in [2.24, 2.45) is 0 Å². The Hall–Kier alpha value is -5.16. The normalized spacial score (nSPS) is 12.3. The smallest absolute Gasteiger partial charge is 0.265 e. The van der Waals surface area contributed by atoms with Crippen LogP contribution in [-0.2, 0) is 11.3 Å². The molecule has 0 saturated heterocycles. The lowest BCUT2D eigenvalue weighted by atomic mass is 9.83. The van der Waals surface area contributed by atoms with E-state index in [-0.39, 0.29) is 11.8 Å². The number of amides is 2. The second-order valence-electron chi connectivity index (χ2n) is 9.67. The molecule has 0 aliphatic carbocycles. The number of nitrogens with zero attached hydrogens (tertiary/aromatic N) is 2. The molecule has 1 aliphatic rings. The van der Waals surface area contributed by atoms with Gasteiger partial charge in [-0.2, -0.15) is 0 Å². The summed E-state index contributed by atoms with van der Waals surface area (Å²) < 4.78 is 5.33. The highest BCUT2D eigenvalue weighted by molar-refractivity contribution is 6.23. The van der Waals surface area contributed by atoms with Crippen LogP contribution in [0.1, 0.15) is 33.0 Å². The third-order valence-corrected chi connectivity index (χ3v) is 7.28. The van der Waals surface area contributed by atoms with Crippen molar-refractivity contribution in [1.82, 2.24) is 0 Å². The highest BCUT2D eigenvalue weighted by Crippen LogP contribution is 2.47. The Morgan fingerprint density at radius 3 is 1.77 bits per heavy atom. The first-order valence-electron chi connectivity index (χ1n) is 13.2. The minimum absolute atomic E-state index is 0.307. The van der Waals surface area contributed by atoms with Gasteiger partial charge < -0.3 is 9.64 Å². The average Bonchev–Trinajstić information content (AvgIpc) is 3.02. The van der Waals surface area contributed by atoms with Gasteiger partial charge in [0.25, 0.3) is 5.91 Å². The van der Waals surface area contributed by atoms with E-state index >= 15 is 0 Å². The van der Waals surface area contributed by atoms with Crippen LogP contribution in [0, 0.1) is 0 Å². The monoisotopic (exact) mass is 524 g/mol. The Labute approximate surface area is 233 Å². The van der Waals surface area contributed by atoms with Crippen molar-refractivity contribution in [2.75, 3.05) is 16.9 Å². The van der Waals surface area contributed by atoms with Gasteiger partial charge in [-0.05, 0) is 65.2 Å². The number of hydrogen-bond acceptors (Lipinski definition) is 4. The van der Waals surface area contributed by atoms with Crippen molar-refractivity contribution in [3.8, 4) is 5.75 Å². The summed E-state index contributed by atoms with van der Waals surface area (Å²) in [6.07, 6.45) is 0. The fraction of sp³-hybridized carbons (Fsp3) is 0.0857. The molecule has 0 bridgehead atoms. The number of ether oxygens (including phenoxy) is 1. The molecule has 196 valence electrons. The number of carbonyl (C=O) groups is 2. The van der Waals surface area contributed by atoms with Crippen LogP contribution in [0.4, 0.5) is 17.1 Å². The van der Waals surface area contributed by atoms with Gasteiger partial charge in [0.05, 0.1) is 18.7 Å². The molecule has 6 rings (SSSR count). The van der Waals surface area contributed by atoms with Gasteiger partial charge in [-0.25, -0.2) is 4.90 Å². The minimum Gasteiger partial charge on any atom is -0.497 e. The molecular weight excluding hydrogens is 496 g/mol. The maximum absolute atomic E-state index is 14.7. The first-order valence-corrected chi connectivity index (χ1v) is 13.2. The lowest BCUT2D eigenvalue weighted by Gasteiger charge is -2.38. The predicted octanol–water partition coefficient (Wildman–Crippen LogP) is 7.35. The minimum atomic E-state index is -0.672. The molecule has 5 heteroatoms. The molecule has 0 radical (unpaired) electrons. The summed E-state index contributed by atoms with van der Waals surface area (Å²) in [4.78, 5) is 32.2. The van der Waals surface area contributed by atoms with Crippen molar-refractivity contribution in [3.05, 3.63) is 156 Å². The second-order valence-corrected chi connectivity index (χ2v) is 9.67. The molecule has 5 nitrogen and oxygen atoms in total. The van der Waals surface area contributed by atoms with Crippen LogP contribution >= 0.6 is 0 Å². The van der Waals surface area contributed by atoms with E-state index in [2.05, 4.69) is 17.0 Å². The first-order chi connectivity index (χ1) is 19.7. The van der Waals surface area contributed by atoms with E-state index in [0.29, 0.717) is 23.5 Å². The van der Waals surface area contributed by atoms with E-state index in [1.807, 2.05) is 72.8 Å². The largest absolute Gasteiger partial charge is 0.497 e. The Balaban J connectivity index is 1.49. The van der Waals surface area contributed by atoms with E-state index in [4.69, 9.17) is 4.74 Å². The molecule has 40 heavy (non-hydrogen) atoms. The lowest BCUT2D eigenvalue weighted by molar-refractivity contribution is -0.118. The molecule has 1 heterocycles. The predicted molar refractivity (Wildman–Crippen MR) is 158 cm³/mol. The summed E-state index contributed by atoms with van der Waals surface area (Å²) in [5.74, 6) is -0.710. The number of imide groups is 1. The number of rotatable bonds is 6. The first kappa shape index (κ1) is 25.1. The second kappa shape index (κ2) is 10.9. The highest BCUT2D eigenvalue weighted by Gasteiger charge is 2.39. The van der Waals surface area contributed by atoms with E-state index in [1.54, 1.807) is 55.6 Å². The van der Waals surface area contributed by atoms with Crippen LogP contribution in [0.2, 0.25) is 0 Å². The summed E-state index contributed by atoms with van der Waals surface area (Å²) in [5.41, 5.74) is 5.71. The molecule has 5 aromatic rings. The topological polar surface area (TPSA) is 49.9 Å². The number of para-hydroxylation sites is 2. The van der Waals surface area contributed by atoms with Crippen molar-refractivity contribution in [2.45, 2.75) is 12.5 Å². The van der Waals surface area contributed by atoms with Gasteiger partial charge >= 0.3 is 0 Å². The number of hydrogen-bond donors (Lipinski definition) is 0. The molecule has 0 aromatic heterocycles. The summed E-state index contributed by atoms with van der Waals surface area (Å²) >= 11 is 0. The van der Waals surface area contributed by atoms with Crippen molar-refractivity contribution >= 4 is 28.9 Å². The fourth-order valence-corrected chi connectivity index (χ4v) is 5.37. The number of fused-ring (bicyclic) bond motifs is 2. The van der Waals surface area contributed by atoms with Gasteiger partial charge in [0.15, 0.2) is 0 Å². The van der Waals surface area contributed by atoms with Gasteiger partial charge in [-0.3, -0.25) is 9.59 Å². The molecule has 5 aromatic carbocycles. The molecule has 0 atom stereocenters. The maximum atomic E-state index is 14.7. The van der Waals surface area contributed by atoms with E-state index in [0.717, 1.165) is 28.1 Å². The van der Waals surface area contributed by atoms with Crippen LogP contribution in [0.25, 0.3) is 0 Å². The van der Waals surface area contributed by atoms with E-state index in [9.17, 15) is 9.59 Å². The van der Waals surface area contributed by atoms with Crippen LogP contribution in [0.5, 0.6) is 5.75 Å². The number of benzene rings is 5. The fourth-order valence-electron chi connectivity index (χ4n) is 5.37. The molecule has 0 fully saturated rings. The Morgan fingerprint density at radius 2 is 1.20 bits per heavy atom. The van der Waals surface area contributed by atoms with Gasteiger partial charge in [0.2, 0.25) is 5.91 Å². The third-order valence-electron chi connectivity index (χ3n) is 7.28. The van der Waals surface area contributed by atoms with Gasteiger partial charge in [0.1, 0.15) is 5.75 Å². The zero-order valence-corrected chi connectivity index (χ0v) is 22.1. The van der Waals surface area contributed by atoms with Crippen LogP contribution < -0.4 is 14.5 Å². The quantitative estimate of drug-likeness (QED) is 0.218.